The molecule has 0 fully saturated rings. The van der Waals surface area contributed by atoms with Crippen LogP contribution in [0.4, 0.5) is 0 Å². The predicted octanol–water partition coefficient (Wildman–Crippen LogP) is 4.76. The molecule has 0 saturated carbocycles. The number of hydrogen-bond acceptors (Lipinski definition) is 3. The average molecular weight is 345 g/mol. The number of hydrogen-bond donors (Lipinski definition) is 1. The molecule has 1 heterocycles. The van der Waals surface area contributed by atoms with Crippen LogP contribution in [0.15, 0.2) is 48.5 Å². The Hall–Kier alpha value is -1.91. The first kappa shape index (κ1) is 16.0. The number of aryl methyl sites for hydroxylation is 1. The van der Waals surface area contributed by atoms with Gasteiger partial charge < -0.3 is 5.32 Å². The van der Waals surface area contributed by atoms with Gasteiger partial charge in [0, 0.05) is 17.9 Å². The first-order valence-electron chi connectivity index (χ1n) is 7.51. The Morgan fingerprint density at radius 3 is 2.87 bits per heavy atom. The molecule has 0 saturated heterocycles. The van der Waals surface area contributed by atoms with Gasteiger partial charge in [0.15, 0.2) is 0 Å². The summed E-state index contributed by atoms with van der Waals surface area (Å²) >= 11 is 7.63. The van der Waals surface area contributed by atoms with Gasteiger partial charge in [0.05, 0.1) is 21.3 Å². The second-order valence-electron chi connectivity index (χ2n) is 5.42. The molecule has 118 valence electrons. The van der Waals surface area contributed by atoms with E-state index < -0.39 is 0 Å². The van der Waals surface area contributed by atoms with E-state index in [1.165, 1.54) is 0 Å². The SMILES string of the molecule is CC(NC(=O)CCc1nc2ccccc2s1)c1cccc(Cl)c1. The van der Waals surface area contributed by atoms with Gasteiger partial charge in [0.1, 0.15) is 0 Å². The van der Waals surface area contributed by atoms with Gasteiger partial charge in [0.2, 0.25) is 5.91 Å². The van der Waals surface area contributed by atoms with Crippen molar-refractivity contribution in [1.82, 2.24) is 10.3 Å². The minimum Gasteiger partial charge on any atom is -0.350 e. The van der Waals surface area contributed by atoms with E-state index in [2.05, 4.69) is 16.4 Å². The molecule has 1 amide bonds. The fourth-order valence-electron chi connectivity index (χ4n) is 2.42. The van der Waals surface area contributed by atoms with Gasteiger partial charge in [-0.3, -0.25) is 4.79 Å². The maximum Gasteiger partial charge on any atom is 0.220 e. The Balaban J connectivity index is 1.57. The van der Waals surface area contributed by atoms with Crippen LogP contribution in [-0.4, -0.2) is 10.9 Å². The highest BCUT2D eigenvalue weighted by molar-refractivity contribution is 7.18. The molecule has 2 aromatic carbocycles. The number of rotatable bonds is 5. The van der Waals surface area contributed by atoms with Crippen LogP contribution in [0, 0.1) is 0 Å². The quantitative estimate of drug-likeness (QED) is 0.725. The molecule has 0 aliphatic carbocycles. The second-order valence-corrected chi connectivity index (χ2v) is 6.97. The lowest BCUT2D eigenvalue weighted by molar-refractivity contribution is -0.121. The highest BCUT2D eigenvalue weighted by Gasteiger charge is 2.11. The first-order valence-corrected chi connectivity index (χ1v) is 8.70. The monoisotopic (exact) mass is 344 g/mol. The van der Waals surface area contributed by atoms with E-state index >= 15 is 0 Å². The molecule has 1 unspecified atom stereocenters. The number of thiazole rings is 1. The Bertz CT molecular complexity index is 798. The van der Waals surface area contributed by atoms with Crippen LogP contribution in [-0.2, 0) is 11.2 Å². The van der Waals surface area contributed by atoms with Crippen molar-refractivity contribution in [3.8, 4) is 0 Å². The molecule has 0 radical (unpaired) electrons. The lowest BCUT2D eigenvalue weighted by Crippen LogP contribution is -2.26. The molecule has 0 bridgehead atoms. The standard InChI is InChI=1S/C18H17ClN2OS/c1-12(13-5-4-6-14(19)11-13)20-17(22)9-10-18-21-15-7-2-3-8-16(15)23-18/h2-8,11-12H,9-10H2,1H3,(H,20,22). The smallest absolute Gasteiger partial charge is 0.220 e. The number of carbonyl (C=O) groups excluding carboxylic acids is 1. The van der Waals surface area contributed by atoms with Gasteiger partial charge in [-0.2, -0.15) is 0 Å². The fraction of sp³-hybridized carbons (Fsp3) is 0.222. The summed E-state index contributed by atoms with van der Waals surface area (Å²) in [6.07, 6.45) is 1.10. The third-order valence-corrected chi connectivity index (χ3v) is 4.96. The van der Waals surface area contributed by atoms with Crippen LogP contribution >= 0.6 is 22.9 Å². The van der Waals surface area contributed by atoms with Crippen molar-refractivity contribution in [2.45, 2.75) is 25.8 Å². The van der Waals surface area contributed by atoms with E-state index in [0.717, 1.165) is 20.8 Å². The third kappa shape index (κ3) is 4.09. The van der Waals surface area contributed by atoms with Crippen LogP contribution < -0.4 is 5.32 Å². The van der Waals surface area contributed by atoms with Crippen LogP contribution in [0.2, 0.25) is 5.02 Å². The summed E-state index contributed by atoms with van der Waals surface area (Å²) < 4.78 is 1.16. The van der Waals surface area contributed by atoms with Crippen LogP contribution in [0.5, 0.6) is 0 Å². The zero-order valence-corrected chi connectivity index (χ0v) is 14.3. The number of benzene rings is 2. The molecular weight excluding hydrogens is 328 g/mol. The Morgan fingerprint density at radius 1 is 1.26 bits per heavy atom. The zero-order valence-electron chi connectivity index (χ0n) is 12.8. The van der Waals surface area contributed by atoms with Crippen LogP contribution in [0.1, 0.15) is 30.0 Å². The van der Waals surface area contributed by atoms with Crippen molar-refractivity contribution in [3.63, 3.8) is 0 Å². The number of halogens is 1. The van der Waals surface area contributed by atoms with E-state index in [-0.39, 0.29) is 11.9 Å². The predicted molar refractivity (Wildman–Crippen MR) is 96.0 cm³/mol. The summed E-state index contributed by atoms with van der Waals surface area (Å²) in [5, 5.41) is 4.68. The molecule has 0 aliphatic heterocycles. The Labute approximate surface area is 144 Å². The van der Waals surface area contributed by atoms with Crippen molar-refractivity contribution in [1.29, 1.82) is 0 Å². The molecule has 3 aromatic rings. The number of nitrogens with one attached hydrogen (secondary N) is 1. The molecule has 3 rings (SSSR count). The molecule has 0 spiro atoms. The summed E-state index contributed by atoms with van der Waals surface area (Å²) in [4.78, 5) is 16.7. The highest BCUT2D eigenvalue weighted by atomic mass is 35.5. The van der Waals surface area contributed by atoms with Gasteiger partial charge in [-0.05, 0) is 36.8 Å². The van der Waals surface area contributed by atoms with Crippen molar-refractivity contribution in [2.24, 2.45) is 0 Å². The normalized spacial score (nSPS) is 12.3. The fourth-order valence-corrected chi connectivity index (χ4v) is 3.59. The van der Waals surface area contributed by atoms with Gasteiger partial charge in [-0.15, -0.1) is 11.3 Å². The number of amides is 1. The largest absolute Gasteiger partial charge is 0.350 e. The summed E-state index contributed by atoms with van der Waals surface area (Å²) in [6, 6.07) is 15.5. The molecule has 5 heteroatoms. The van der Waals surface area contributed by atoms with E-state index in [9.17, 15) is 4.79 Å². The maximum atomic E-state index is 12.1. The number of nitrogens with zero attached hydrogens (tertiary/aromatic N) is 1. The first-order chi connectivity index (χ1) is 11.1. The minimum atomic E-state index is -0.0587. The molecule has 3 nitrogen and oxygen atoms in total. The Morgan fingerprint density at radius 2 is 2.09 bits per heavy atom. The topological polar surface area (TPSA) is 42.0 Å². The second kappa shape index (κ2) is 7.11. The zero-order chi connectivity index (χ0) is 16.2. The van der Waals surface area contributed by atoms with Crippen LogP contribution in [0.3, 0.4) is 0 Å². The summed E-state index contributed by atoms with van der Waals surface area (Å²) in [5.74, 6) is 0.0248. The van der Waals surface area contributed by atoms with Gasteiger partial charge >= 0.3 is 0 Å². The third-order valence-electron chi connectivity index (χ3n) is 3.63. The van der Waals surface area contributed by atoms with Crippen molar-refractivity contribution in [2.75, 3.05) is 0 Å². The summed E-state index contributed by atoms with van der Waals surface area (Å²) in [6.45, 7) is 1.96. The molecule has 23 heavy (non-hydrogen) atoms. The lowest BCUT2D eigenvalue weighted by atomic mass is 10.1. The number of para-hydroxylation sites is 1. The van der Waals surface area contributed by atoms with Crippen LogP contribution in [0.25, 0.3) is 10.2 Å². The summed E-state index contributed by atoms with van der Waals surface area (Å²) in [5.41, 5.74) is 2.01. The van der Waals surface area contributed by atoms with Crippen molar-refractivity contribution in [3.05, 3.63) is 64.1 Å². The molecular formula is C18H17ClN2OS. The van der Waals surface area contributed by atoms with E-state index in [1.807, 2.05) is 49.4 Å². The highest BCUT2D eigenvalue weighted by Crippen LogP contribution is 2.22. The van der Waals surface area contributed by atoms with E-state index in [0.29, 0.717) is 17.9 Å². The number of aromatic nitrogens is 1. The molecule has 1 aromatic heterocycles. The Kier molecular flexibility index (Phi) is 4.94. The number of carbonyl (C=O) groups is 1. The molecule has 0 aliphatic rings. The average Bonchev–Trinajstić information content (AvgIpc) is 2.96. The van der Waals surface area contributed by atoms with E-state index in [4.69, 9.17) is 11.6 Å². The summed E-state index contributed by atoms with van der Waals surface area (Å²) in [7, 11) is 0. The maximum absolute atomic E-state index is 12.1. The van der Waals surface area contributed by atoms with Crippen molar-refractivity contribution >= 4 is 39.1 Å². The van der Waals surface area contributed by atoms with Gasteiger partial charge in [-0.1, -0.05) is 35.9 Å². The minimum absolute atomic E-state index is 0.0248. The molecule has 1 atom stereocenters. The van der Waals surface area contributed by atoms with Gasteiger partial charge in [0.25, 0.3) is 0 Å². The van der Waals surface area contributed by atoms with E-state index in [1.54, 1.807) is 11.3 Å². The lowest BCUT2D eigenvalue weighted by Gasteiger charge is -2.14. The van der Waals surface area contributed by atoms with Crippen molar-refractivity contribution < 1.29 is 4.79 Å². The molecule has 1 N–H and O–H groups in total. The van der Waals surface area contributed by atoms with Gasteiger partial charge in [-0.25, -0.2) is 4.98 Å². The number of fused-ring (bicyclic) bond motifs is 1.